The summed E-state index contributed by atoms with van der Waals surface area (Å²) in [7, 11) is 0. The average Bonchev–Trinajstić information content (AvgIpc) is 2.62. The van der Waals surface area contributed by atoms with Crippen molar-refractivity contribution in [2.45, 2.75) is 45.2 Å². The monoisotopic (exact) mass is 342 g/mol. The summed E-state index contributed by atoms with van der Waals surface area (Å²) >= 11 is 0. The SMILES string of the molecule is CCC#CCN1CCC[C@]2(CO)CN(Cc3cccc(O)c3)CC[C@@H]12. The summed E-state index contributed by atoms with van der Waals surface area (Å²) in [5.74, 6) is 6.79. The number of hydrogen-bond donors (Lipinski definition) is 2. The van der Waals surface area contributed by atoms with Gasteiger partial charge in [-0.2, -0.15) is 0 Å². The van der Waals surface area contributed by atoms with Gasteiger partial charge in [0.05, 0.1) is 13.2 Å². The van der Waals surface area contributed by atoms with Gasteiger partial charge in [-0.3, -0.25) is 9.80 Å². The fourth-order valence-corrected chi connectivity index (χ4v) is 4.60. The summed E-state index contributed by atoms with van der Waals surface area (Å²) in [6, 6.07) is 7.93. The lowest BCUT2D eigenvalue weighted by Crippen LogP contribution is -2.62. The van der Waals surface area contributed by atoms with Crippen molar-refractivity contribution in [2.24, 2.45) is 5.41 Å². The van der Waals surface area contributed by atoms with Gasteiger partial charge in [-0.1, -0.05) is 25.0 Å². The van der Waals surface area contributed by atoms with Gasteiger partial charge in [0, 0.05) is 37.5 Å². The third kappa shape index (κ3) is 4.17. The molecule has 0 unspecified atom stereocenters. The van der Waals surface area contributed by atoms with Gasteiger partial charge >= 0.3 is 0 Å². The smallest absolute Gasteiger partial charge is 0.115 e. The number of aromatic hydroxyl groups is 1. The highest BCUT2D eigenvalue weighted by Crippen LogP contribution is 2.41. The number of fused-ring (bicyclic) bond motifs is 1. The molecule has 2 aliphatic heterocycles. The number of hydrogen-bond acceptors (Lipinski definition) is 4. The van der Waals surface area contributed by atoms with Gasteiger partial charge in [0.25, 0.3) is 0 Å². The molecule has 0 aromatic heterocycles. The molecule has 2 aliphatic rings. The first-order chi connectivity index (χ1) is 12.2. The maximum Gasteiger partial charge on any atom is 0.115 e. The molecule has 4 nitrogen and oxygen atoms in total. The van der Waals surface area contributed by atoms with Crippen molar-refractivity contribution in [1.82, 2.24) is 9.80 Å². The number of likely N-dealkylation sites (tertiary alicyclic amines) is 2. The minimum Gasteiger partial charge on any atom is -0.508 e. The lowest BCUT2D eigenvalue weighted by molar-refractivity contribution is -0.0759. The fraction of sp³-hybridized carbons (Fsp3) is 0.619. The quantitative estimate of drug-likeness (QED) is 0.825. The standard InChI is InChI=1S/C21H30N2O2/c1-2-3-4-11-23-12-6-10-21(17-24)16-22(13-9-20(21)23)15-18-7-5-8-19(25)14-18/h5,7-8,14,20,24-25H,2,6,9-13,15-17H2,1H3/t20-,21-/m1/s1. The van der Waals surface area contributed by atoms with Crippen molar-refractivity contribution in [1.29, 1.82) is 0 Å². The van der Waals surface area contributed by atoms with Crippen LogP contribution in [-0.4, -0.2) is 58.8 Å². The van der Waals surface area contributed by atoms with E-state index in [0.29, 0.717) is 11.8 Å². The van der Waals surface area contributed by atoms with Gasteiger partial charge in [0.15, 0.2) is 0 Å². The zero-order chi connectivity index (χ0) is 17.7. The third-order valence-corrected chi connectivity index (χ3v) is 5.74. The van der Waals surface area contributed by atoms with Crippen LogP contribution in [0, 0.1) is 17.3 Å². The van der Waals surface area contributed by atoms with Gasteiger partial charge in [0.2, 0.25) is 0 Å². The summed E-state index contributed by atoms with van der Waals surface area (Å²) in [6.07, 6.45) is 4.20. The summed E-state index contributed by atoms with van der Waals surface area (Å²) in [5, 5.41) is 20.0. The number of benzene rings is 1. The average molecular weight is 342 g/mol. The second-order valence-electron chi connectivity index (χ2n) is 7.49. The van der Waals surface area contributed by atoms with E-state index in [0.717, 1.165) is 64.0 Å². The zero-order valence-corrected chi connectivity index (χ0v) is 15.2. The minimum absolute atomic E-state index is 0.0405. The summed E-state index contributed by atoms with van der Waals surface area (Å²) in [4.78, 5) is 4.93. The molecule has 2 fully saturated rings. The van der Waals surface area contributed by atoms with Crippen LogP contribution in [0.3, 0.4) is 0 Å². The lowest BCUT2D eigenvalue weighted by Gasteiger charge is -2.54. The normalized spacial score (nSPS) is 27.4. The molecule has 0 amide bonds. The molecule has 136 valence electrons. The predicted molar refractivity (Wildman–Crippen MR) is 100 cm³/mol. The second kappa shape index (κ2) is 8.23. The van der Waals surface area contributed by atoms with Crippen molar-refractivity contribution in [2.75, 3.05) is 32.8 Å². The maximum atomic E-state index is 10.3. The molecule has 4 heteroatoms. The van der Waals surface area contributed by atoms with E-state index < -0.39 is 0 Å². The molecule has 0 spiro atoms. The van der Waals surface area contributed by atoms with E-state index in [1.165, 1.54) is 0 Å². The number of aliphatic hydroxyl groups excluding tert-OH is 1. The van der Waals surface area contributed by atoms with Crippen molar-refractivity contribution in [3.63, 3.8) is 0 Å². The molecule has 2 heterocycles. The van der Waals surface area contributed by atoms with Crippen LogP contribution in [0.15, 0.2) is 24.3 Å². The molecule has 0 radical (unpaired) electrons. The Balaban J connectivity index is 1.70. The van der Waals surface area contributed by atoms with Crippen LogP contribution in [0.5, 0.6) is 5.75 Å². The molecule has 2 N–H and O–H groups in total. The van der Waals surface area contributed by atoms with E-state index in [4.69, 9.17) is 0 Å². The van der Waals surface area contributed by atoms with E-state index in [1.54, 1.807) is 6.07 Å². The number of phenolic OH excluding ortho intramolecular Hbond substituents is 1. The zero-order valence-electron chi connectivity index (χ0n) is 15.2. The molecule has 0 bridgehead atoms. The highest BCUT2D eigenvalue weighted by molar-refractivity contribution is 5.27. The van der Waals surface area contributed by atoms with Crippen LogP contribution in [-0.2, 0) is 6.54 Å². The van der Waals surface area contributed by atoms with Gasteiger partial charge < -0.3 is 10.2 Å². The first-order valence-corrected chi connectivity index (χ1v) is 9.48. The second-order valence-corrected chi connectivity index (χ2v) is 7.49. The summed E-state index contributed by atoms with van der Waals surface area (Å²) in [6.45, 7) is 7.02. The molecule has 25 heavy (non-hydrogen) atoms. The molecular formula is C21H30N2O2. The largest absolute Gasteiger partial charge is 0.508 e. The summed E-state index contributed by atoms with van der Waals surface area (Å²) in [5.41, 5.74) is 1.09. The Labute approximate surface area is 151 Å². The Bertz CT molecular complexity index is 636. The number of nitrogens with zero attached hydrogens (tertiary/aromatic N) is 2. The van der Waals surface area contributed by atoms with E-state index in [-0.39, 0.29) is 12.0 Å². The topological polar surface area (TPSA) is 46.9 Å². The van der Waals surface area contributed by atoms with Crippen LogP contribution in [0.4, 0.5) is 0 Å². The van der Waals surface area contributed by atoms with E-state index >= 15 is 0 Å². The van der Waals surface area contributed by atoms with Crippen LogP contribution in [0.25, 0.3) is 0 Å². The molecule has 2 saturated heterocycles. The highest BCUT2D eigenvalue weighted by atomic mass is 16.3. The van der Waals surface area contributed by atoms with Crippen molar-refractivity contribution >= 4 is 0 Å². The first kappa shape index (κ1) is 18.3. The molecule has 0 aliphatic carbocycles. The molecular weight excluding hydrogens is 312 g/mol. The van der Waals surface area contributed by atoms with E-state index in [1.807, 2.05) is 12.1 Å². The molecule has 1 aromatic carbocycles. The van der Waals surface area contributed by atoms with Gasteiger partial charge in [-0.15, -0.1) is 5.92 Å². The Hall–Kier alpha value is -1.54. The third-order valence-electron chi connectivity index (χ3n) is 5.74. The van der Waals surface area contributed by atoms with Gasteiger partial charge in [-0.25, -0.2) is 0 Å². The van der Waals surface area contributed by atoms with Gasteiger partial charge in [0.1, 0.15) is 5.75 Å². The fourth-order valence-electron chi connectivity index (χ4n) is 4.60. The lowest BCUT2D eigenvalue weighted by atomic mass is 9.69. The van der Waals surface area contributed by atoms with E-state index in [2.05, 4.69) is 34.6 Å². The van der Waals surface area contributed by atoms with Crippen LogP contribution < -0.4 is 0 Å². The summed E-state index contributed by atoms with van der Waals surface area (Å²) < 4.78 is 0. The number of piperidine rings is 2. The van der Waals surface area contributed by atoms with Crippen LogP contribution >= 0.6 is 0 Å². The number of aliphatic hydroxyl groups is 1. The minimum atomic E-state index is -0.0405. The van der Waals surface area contributed by atoms with Crippen LogP contribution in [0.1, 0.15) is 38.2 Å². The van der Waals surface area contributed by atoms with Crippen molar-refractivity contribution in [3.05, 3.63) is 29.8 Å². The molecule has 3 rings (SSSR count). The maximum absolute atomic E-state index is 10.3. The Morgan fingerprint density at radius 2 is 2.16 bits per heavy atom. The van der Waals surface area contributed by atoms with Crippen molar-refractivity contribution < 1.29 is 10.2 Å². The Morgan fingerprint density at radius 1 is 1.28 bits per heavy atom. The highest BCUT2D eigenvalue weighted by Gasteiger charge is 2.47. The molecule has 0 saturated carbocycles. The number of phenols is 1. The van der Waals surface area contributed by atoms with Crippen molar-refractivity contribution in [3.8, 4) is 17.6 Å². The molecule has 1 aromatic rings. The first-order valence-electron chi connectivity index (χ1n) is 9.48. The van der Waals surface area contributed by atoms with Gasteiger partial charge in [-0.05, 0) is 43.5 Å². The van der Waals surface area contributed by atoms with E-state index in [9.17, 15) is 10.2 Å². The van der Waals surface area contributed by atoms with Crippen LogP contribution in [0.2, 0.25) is 0 Å². The Kier molecular flexibility index (Phi) is 6.01. The Morgan fingerprint density at radius 3 is 2.92 bits per heavy atom. The molecule has 2 atom stereocenters. The number of rotatable bonds is 4. The predicted octanol–water partition coefficient (Wildman–Crippen LogP) is 2.45.